The maximum absolute atomic E-state index is 8.85. The van der Waals surface area contributed by atoms with Crippen LogP contribution in [0.3, 0.4) is 0 Å². The van der Waals surface area contributed by atoms with Crippen LogP contribution in [0.5, 0.6) is 0 Å². The first-order chi connectivity index (χ1) is 12.2. The SMILES string of the molecule is CCc1nccn1Cc1nc(-c2cccc(C=C(C#N)C#N)c2)no1. The van der Waals surface area contributed by atoms with E-state index in [4.69, 9.17) is 15.0 Å². The number of allylic oxidation sites excluding steroid dienone is 1. The molecule has 0 unspecified atom stereocenters. The van der Waals surface area contributed by atoms with Gasteiger partial charge >= 0.3 is 0 Å². The Balaban J connectivity index is 1.84. The number of imidazole rings is 1. The van der Waals surface area contributed by atoms with Gasteiger partial charge in [0.15, 0.2) is 0 Å². The molecule has 2 heterocycles. The van der Waals surface area contributed by atoms with Crippen LogP contribution in [-0.4, -0.2) is 19.7 Å². The molecular formula is C18H14N6O. The molecule has 3 aromatic rings. The summed E-state index contributed by atoms with van der Waals surface area (Å²) >= 11 is 0. The zero-order chi connectivity index (χ0) is 17.6. The topological polar surface area (TPSA) is 104 Å². The zero-order valence-electron chi connectivity index (χ0n) is 13.5. The second-order valence-electron chi connectivity index (χ2n) is 5.24. The average molecular weight is 330 g/mol. The minimum atomic E-state index is 0.0400. The summed E-state index contributed by atoms with van der Waals surface area (Å²) in [5.74, 6) is 1.89. The molecule has 0 aliphatic rings. The van der Waals surface area contributed by atoms with Crippen LogP contribution >= 0.6 is 0 Å². The van der Waals surface area contributed by atoms with Crippen molar-refractivity contribution in [2.45, 2.75) is 19.9 Å². The first kappa shape index (κ1) is 16.2. The Morgan fingerprint density at radius 2 is 2.16 bits per heavy atom. The highest BCUT2D eigenvalue weighted by molar-refractivity contribution is 5.66. The second-order valence-corrected chi connectivity index (χ2v) is 5.24. The molecule has 25 heavy (non-hydrogen) atoms. The van der Waals surface area contributed by atoms with E-state index in [1.165, 1.54) is 6.08 Å². The van der Waals surface area contributed by atoms with E-state index in [0.717, 1.165) is 23.4 Å². The third kappa shape index (κ3) is 3.62. The molecule has 0 bridgehead atoms. The molecule has 2 aromatic heterocycles. The van der Waals surface area contributed by atoms with E-state index in [2.05, 4.69) is 15.1 Å². The minimum Gasteiger partial charge on any atom is -0.337 e. The highest BCUT2D eigenvalue weighted by atomic mass is 16.5. The molecule has 7 nitrogen and oxygen atoms in total. The van der Waals surface area contributed by atoms with Crippen molar-refractivity contribution < 1.29 is 4.52 Å². The minimum absolute atomic E-state index is 0.0400. The first-order valence-electron chi connectivity index (χ1n) is 7.68. The van der Waals surface area contributed by atoms with Crippen molar-refractivity contribution >= 4 is 6.08 Å². The van der Waals surface area contributed by atoms with Crippen LogP contribution in [0.2, 0.25) is 0 Å². The number of rotatable bonds is 5. The summed E-state index contributed by atoms with van der Waals surface area (Å²) in [6, 6.07) is 10.9. The van der Waals surface area contributed by atoms with E-state index in [1.807, 2.05) is 42.0 Å². The Morgan fingerprint density at radius 3 is 2.92 bits per heavy atom. The molecule has 0 atom stereocenters. The third-order valence-corrected chi connectivity index (χ3v) is 3.59. The van der Waals surface area contributed by atoms with E-state index in [9.17, 15) is 0 Å². The van der Waals surface area contributed by atoms with Gasteiger partial charge in [-0.25, -0.2) is 4.98 Å². The maximum atomic E-state index is 8.85. The Labute approximate surface area is 144 Å². The lowest BCUT2D eigenvalue weighted by Crippen LogP contribution is -2.03. The number of hydrogen-bond donors (Lipinski definition) is 0. The molecule has 0 amide bonds. The Bertz CT molecular complexity index is 983. The molecule has 0 aliphatic heterocycles. The van der Waals surface area contributed by atoms with Crippen LogP contribution in [0.15, 0.2) is 46.8 Å². The standard InChI is InChI=1S/C18H14N6O/c1-2-16-21-6-7-24(16)12-17-22-18(23-25-17)15-5-3-4-13(9-15)8-14(10-19)11-20/h3-9H,2,12H2,1H3. The molecule has 122 valence electrons. The van der Waals surface area contributed by atoms with Crippen molar-refractivity contribution in [3.63, 3.8) is 0 Å². The van der Waals surface area contributed by atoms with Gasteiger partial charge in [0.05, 0.1) is 0 Å². The van der Waals surface area contributed by atoms with Gasteiger partial charge in [0, 0.05) is 24.4 Å². The summed E-state index contributed by atoms with van der Waals surface area (Å²) in [6.45, 7) is 2.50. The molecule has 7 heteroatoms. The van der Waals surface area contributed by atoms with Crippen molar-refractivity contribution in [2.24, 2.45) is 0 Å². The molecule has 0 spiro atoms. The number of nitriles is 2. The zero-order valence-corrected chi connectivity index (χ0v) is 13.5. The molecule has 0 fully saturated rings. The molecule has 0 saturated carbocycles. The van der Waals surface area contributed by atoms with Gasteiger partial charge in [-0.15, -0.1) is 0 Å². The van der Waals surface area contributed by atoms with Crippen molar-refractivity contribution in [2.75, 3.05) is 0 Å². The lowest BCUT2D eigenvalue weighted by atomic mass is 10.1. The summed E-state index contributed by atoms with van der Waals surface area (Å²) in [5.41, 5.74) is 1.52. The number of aromatic nitrogens is 4. The van der Waals surface area contributed by atoms with Gasteiger partial charge in [-0.3, -0.25) is 0 Å². The Hall–Kier alpha value is -3.71. The van der Waals surface area contributed by atoms with Crippen molar-refractivity contribution in [3.8, 4) is 23.5 Å². The lowest BCUT2D eigenvalue weighted by Gasteiger charge is -2.01. The van der Waals surface area contributed by atoms with Gasteiger partial charge < -0.3 is 9.09 Å². The highest BCUT2D eigenvalue weighted by Crippen LogP contribution is 2.19. The van der Waals surface area contributed by atoms with E-state index >= 15 is 0 Å². The molecular weight excluding hydrogens is 316 g/mol. The van der Waals surface area contributed by atoms with Crippen molar-refractivity contribution in [1.82, 2.24) is 19.7 Å². The fourth-order valence-electron chi connectivity index (χ4n) is 2.40. The van der Waals surface area contributed by atoms with Gasteiger partial charge in [-0.05, 0) is 17.7 Å². The Kier molecular flexibility index (Phi) is 4.68. The molecule has 0 aliphatic carbocycles. The van der Waals surface area contributed by atoms with Crippen molar-refractivity contribution in [3.05, 3.63) is 59.5 Å². The second kappa shape index (κ2) is 7.24. The molecule has 3 rings (SSSR count). The average Bonchev–Trinajstić information content (AvgIpc) is 3.29. The summed E-state index contributed by atoms with van der Waals surface area (Å²) in [7, 11) is 0. The van der Waals surface area contributed by atoms with Gasteiger partial charge in [0.1, 0.15) is 30.1 Å². The van der Waals surface area contributed by atoms with E-state index < -0.39 is 0 Å². The monoisotopic (exact) mass is 330 g/mol. The largest absolute Gasteiger partial charge is 0.337 e. The highest BCUT2D eigenvalue weighted by Gasteiger charge is 2.11. The lowest BCUT2D eigenvalue weighted by molar-refractivity contribution is 0.370. The normalized spacial score (nSPS) is 10.0. The molecule has 1 aromatic carbocycles. The Morgan fingerprint density at radius 1 is 1.32 bits per heavy atom. The van der Waals surface area contributed by atoms with Gasteiger partial charge in [0.25, 0.3) is 0 Å². The number of benzene rings is 1. The van der Waals surface area contributed by atoms with Crippen LogP contribution < -0.4 is 0 Å². The van der Waals surface area contributed by atoms with E-state index in [0.29, 0.717) is 18.3 Å². The van der Waals surface area contributed by atoms with Crippen LogP contribution in [0.25, 0.3) is 17.5 Å². The predicted molar refractivity (Wildman–Crippen MR) is 89.6 cm³/mol. The van der Waals surface area contributed by atoms with E-state index in [1.54, 1.807) is 18.3 Å². The summed E-state index contributed by atoms with van der Waals surface area (Å²) in [5, 5.41) is 21.7. The van der Waals surface area contributed by atoms with E-state index in [-0.39, 0.29) is 5.57 Å². The molecule has 0 N–H and O–H groups in total. The quantitative estimate of drug-likeness (QED) is 0.666. The van der Waals surface area contributed by atoms with Gasteiger partial charge in [0.2, 0.25) is 11.7 Å². The molecule has 0 radical (unpaired) electrons. The van der Waals surface area contributed by atoms with Crippen LogP contribution in [0, 0.1) is 22.7 Å². The van der Waals surface area contributed by atoms with Crippen molar-refractivity contribution in [1.29, 1.82) is 10.5 Å². The first-order valence-corrected chi connectivity index (χ1v) is 7.68. The summed E-state index contributed by atoms with van der Waals surface area (Å²) in [6.07, 6.45) is 5.96. The van der Waals surface area contributed by atoms with Crippen LogP contribution in [-0.2, 0) is 13.0 Å². The fourth-order valence-corrected chi connectivity index (χ4v) is 2.40. The van der Waals surface area contributed by atoms with Crippen LogP contribution in [0.1, 0.15) is 24.2 Å². The maximum Gasteiger partial charge on any atom is 0.246 e. The number of aryl methyl sites for hydroxylation is 1. The number of hydrogen-bond acceptors (Lipinski definition) is 6. The smallest absolute Gasteiger partial charge is 0.246 e. The summed E-state index contributed by atoms with van der Waals surface area (Å²) in [4.78, 5) is 8.68. The predicted octanol–water partition coefficient (Wildman–Crippen LogP) is 2.97. The number of nitrogens with zero attached hydrogens (tertiary/aromatic N) is 6. The van der Waals surface area contributed by atoms with Gasteiger partial charge in [-0.2, -0.15) is 15.5 Å². The fraction of sp³-hybridized carbons (Fsp3) is 0.167. The van der Waals surface area contributed by atoms with Crippen LogP contribution in [0.4, 0.5) is 0 Å². The third-order valence-electron chi connectivity index (χ3n) is 3.59. The van der Waals surface area contributed by atoms with Gasteiger partial charge in [-0.1, -0.05) is 30.3 Å². The summed E-state index contributed by atoms with van der Waals surface area (Å²) < 4.78 is 7.29. The molecule has 0 saturated heterocycles.